The number of hydrogen-bond donors (Lipinski definition) is 3. The van der Waals surface area contributed by atoms with Gasteiger partial charge in [0.15, 0.2) is 0 Å². The quantitative estimate of drug-likeness (QED) is 0.145. The lowest BCUT2D eigenvalue weighted by Gasteiger charge is -2.29. The summed E-state index contributed by atoms with van der Waals surface area (Å²) in [5, 5.41) is 3.78. The van der Waals surface area contributed by atoms with E-state index >= 15 is 0 Å². The van der Waals surface area contributed by atoms with Crippen molar-refractivity contribution >= 4 is 48.9 Å². The molecule has 3 saturated carbocycles. The van der Waals surface area contributed by atoms with Crippen molar-refractivity contribution in [1.82, 2.24) is 5.32 Å². The van der Waals surface area contributed by atoms with Gasteiger partial charge in [-0.1, -0.05) is 74.0 Å². The minimum absolute atomic E-state index is 0.00631. The Morgan fingerprint density at radius 1 is 0.737 bits per heavy atom. The van der Waals surface area contributed by atoms with Gasteiger partial charge in [-0.3, -0.25) is 9.05 Å². The van der Waals surface area contributed by atoms with Gasteiger partial charge in [0.05, 0.1) is 35.5 Å². The topological polar surface area (TPSA) is 116 Å². The van der Waals surface area contributed by atoms with Crippen LogP contribution in [-0.4, -0.2) is 63.4 Å². The Bertz CT molecular complexity index is 872. The molecule has 0 radical (unpaired) electrons. The Labute approximate surface area is 245 Å². The third-order valence-corrected chi connectivity index (χ3v) is 13.1. The van der Waals surface area contributed by atoms with Crippen molar-refractivity contribution in [3.8, 4) is 0 Å². The molecule has 2 heterocycles. The van der Waals surface area contributed by atoms with Crippen LogP contribution in [0.25, 0.3) is 0 Å². The molecule has 0 spiro atoms. The van der Waals surface area contributed by atoms with Crippen molar-refractivity contribution in [2.45, 2.75) is 130 Å². The first-order valence-electron chi connectivity index (χ1n) is 14.6. The zero-order valence-corrected chi connectivity index (χ0v) is 26.8. The van der Waals surface area contributed by atoms with Gasteiger partial charge in [0.2, 0.25) is 0 Å². The predicted octanol–water partition coefficient (Wildman–Crippen LogP) is 5.75. The molecule has 0 aromatic heterocycles. The number of alkyl halides is 1. The number of halogens is 1. The van der Waals surface area contributed by atoms with Crippen molar-refractivity contribution in [2.75, 3.05) is 13.2 Å². The Balaban J connectivity index is 1.30. The number of nitrogens with one attached hydrogen (secondary N) is 1. The molecule has 0 aromatic carbocycles. The van der Waals surface area contributed by atoms with E-state index in [0.29, 0.717) is 18.9 Å². The van der Waals surface area contributed by atoms with E-state index in [1.165, 1.54) is 38.5 Å². The van der Waals surface area contributed by atoms with E-state index in [9.17, 15) is 14.4 Å². The molecule has 9 atom stereocenters. The predicted molar refractivity (Wildman–Crippen MR) is 157 cm³/mol. The molecular formula is C25H44INO8P2S. The number of rotatable bonds is 3. The van der Waals surface area contributed by atoms with Crippen LogP contribution in [-0.2, 0) is 39.2 Å². The third-order valence-electron chi connectivity index (χ3n) is 9.02. The van der Waals surface area contributed by atoms with Crippen LogP contribution in [0.2, 0.25) is 0 Å². The number of ether oxygens (including phenoxy) is 1. The minimum atomic E-state index is -4.36. The summed E-state index contributed by atoms with van der Waals surface area (Å²) in [5.74, 6) is 0.0313. The molecule has 9 nitrogen and oxygen atoms in total. The molecule has 3 aliphatic carbocycles. The van der Waals surface area contributed by atoms with Gasteiger partial charge in [-0.05, 0) is 56.2 Å². The average molecular weight is 708 g/mol. The molecule has 0 aromatic rings. The number of fused-ring (bicyclic) bond motifs is 3. The lowest BCUT2D eigenvalue weighted by Crippen LogP contribution is -2.37. The highest BCUT2D eigenvalue weighted by atomic mass is 127. The number of hydrogen-bond acceptors (Lipinski definition) is 8. The molecule has 2 saturated heterocycles. The monoisotopic (exact) mass is 707 g/mol. The molecule has 5 aliphatic rings. The molecule has 0 amide bonds. The summed E-state index contributed by atoms with van der Waals surface area (Å²) in [6, 6.07) is 0.625. The van der Waals surface area contributed by atoms with Crippen LogP contribution < -0.4 is 5.32 Å². The van der Waals surface area contributed by atoms with E-state index in [1.54, 1.807) is 0 Å². The van der Waals surface area contributed by atoms with Crippen LogP contribution >= 0.6 is 37.1 Å². The lowest BCUT2D eigenvalue weighted by atomic mass is 9.91. The molecule has 5 rings (SSSR count). The second kappa shape index (κ2) is 13.7. The first-order valence-corrected chi connectivity index (χ1v) is 19.9. The van der Waals surface area contributed by atoms with E-state index in [2.05, 4.69) is 27.9 Å². The molecule has 220 valence electrons. The average Bonchev–Trinajstić information content (AvgIpc) is 3.13. The summed E-state index contributed by atoms with van der Waals surface area (Å²) in [4.78, 5) is 21.8. The molecule has 2 unspecified atom stereocenters. The summed E-state index contributed by atoms with van der Waals surface area (Å²) in [6.07, 6.45) is 13.5. The SMILES string of the molecule is O=P1(O)OC[C@H]2C[C@@H](NC3CCCCCC3)C[C@@H]2OP(O)(=S)OC[C@H]2O[C@@H](C3CCCCCC3)[C@H](O1)[C@@H]2I. The van der Waals surface area contributed by atoms with Crippen molar-refractivity contribution in [1.29, 1.82) is 0 Å². The second-order valence-electron chi connectivity index (χ2n) is 11.9. The normalized spacial score (nSPS) is 46.8. The summed E-state index contributed by atoms with van der Waals surface area (Å²) in [6.45, 7) is -3.50. The summed E-state index contributed by atoms with van der Waals surface area (Å²) < 4.78 is 42.8. The van der Waals surface area contributed by atoms with Gasteiger partial charge in [-0.2, -0.15) is 0 Å². The molecule has 2 bridgehead atoms. The van der Waals surface area contributed by atoms with Crippen LogP contribution in [0, 0.1) is 11.8 Å². The van der Waals surface area contributed by atoms with Gasteiger partial charge >= 0.3 is 14.5 Å². The minimum Gasteiger partial charge on any atom is -0.368 e. The van der Waals surface area contributed by atoms with E-state index in [4.69, 9.17) is 34.6 Å². The molecule has 2 aliphatic heterocycles. The van der Waals surface area contributed by atoms with Crippen molar-refractivity contribution in [3.63, 3.8) is 0 Å². The van der Waals surface area contributed by atoms with Gasteiger partial charge in [-0.25, -0.2) is 4.57 Å². The Kier molecular flexibility index (Phi) is 11.1. The van der Waals surface area contributed by atoms with Crippen LogP contribution in [0.15, 0.2) is 0 Å². The summed E-state index contributed by atoms with van der Waals surface area (Å²) in [7, 11) is -4.36. The van der Waals surface area contributed by atoms with Gasteiger partial charge in [-0.15, -0.1) is 0 Å². The molecule has 3 N–H and O–H groups in total. The Morgan fingerprint density at radius 2 is 1.39 bits per heavy atom. The van der Waals surface area contributed by atoms with Gasteiger partial charge in [0.25, 0.3) is 0 Å². The highest BCUT2D eigenvalue weighted by Gasteiger charge is 2.51. The van der Waals surface area contributed by atoms with E-state index in [1.807, 2.05) is 0 Å². The maximum atomic E-state index is 13.2. The first-order chi connectivity index (χ1) is 18.2. The molecular weight excluding hydrogens is 663 g/mol. The first kappa shape index (κ1) is 30.7. The summed E-state index contributed by atoms with van der Waals surface area (Å²) in [5.41, 5.74) is 0. The zero-order chi connectivity index (χ0) is 26.8. The van der Waals surface area contributed by atoms with Crippen LogP contribution in [0.4, 0.5) is 0 Å². The standard InChI is InChI=1S/C25H44INO8P2S/c26-23-22-16-32-37(30,38)34-21-14-20(27-19-11-7-3-4-8-12-19)13-18(21)15-31-36(28,29)35-25(23)24(33-22)17-9-5-1-2-6-10-17/h17-25,27H,1-16H2,(H,28,29)(H,30,38)/t18-,20-,21+,22-,23-,24+,25-,37?/m1/s1. The molecule has 38 heavy (non-hydrogen) atoms. The molecule has 5 fully saturated rings. The smallest absolute Gasteiger partial charge is 0.368 e. The van der Waals surface area contributed by atoms with Crippen LogP contribution in [0.1, 0.15) is 89.9 Å². The molecule has 13 heteroatoms. The Hall–Kier alpha value is 1.29. The highest BCUT2D eigenvalue weighted by Crippen LogP contribution is 2.54. The number of phosphoric acid groups is 1. The van der Waals surface area contributed by atoms with Crippen molar-refractivity contribution < 1.29 is 37.2 Å². The van der Waals surface area contributed by atoms with Crippen LogP contribution in [0.3, 0.4) is 0 Å². The Morgan fingerprint density at radius 3 is 2.08 bits per heavy atom. The fourth-order valence-electron chi connectivity index (χ4n) is 7.06. The maximum absolute atomic E-state index is 13.2. The largest absolute Gasteiger partial charge is 0.472 e. The van der Waals surface area contributed by atoms with Crippen LogP contribution in [0.5, 0.6) is 0 Å². The fourth-order valence-corrected chi connectivity index (χ4v) is 10.7. The third kappa shape index (κ3) is 8.22. The second-order valence-corrected chi connectivity index (χ2v) is 17.5. The van der Waals surface area contributed by atoms with Crippen molar-refractivity contribution in [2.24, 2.45) is 11.8 Å². The van der Waals surface area contributed by atoms with E-state index in [-0.39, 0.29) is 41.1 Å². The lowest BCUT2D eigenvalue weighted by molar-refractivity contribution is -0.0464. The van der Waals surface area contributed by atoms with Gasteiger partial charge in [0.1, 0.15) is 6.10 Å². The highest BCUT2D eigenvalue weighted by molar-refractivity contribution is 14.1. The van der Waals surface area contributed by atoms with Crippen molar-refractivity contribution in [3.05, 3.63) is 0 Å². The van der Waals surface area contributed by atoms with E-state index in [0.717, 1.165) is 38.5 Å². The zero-order valence-electron chi connectivity index (χ0n) is 22.0. The number of phosphoric ester groups is 1. The van der Waals surface area contributed by atoms with Gasteiger partial charge < -0.3 is 28.9 Å². The summed E-state index contributed by atoms with van der Waals surface area (Å²) >= 11 is 7.65. The fraction of sp³-hybridized carbons (Fsp3) is 1.00. The van der Waals surface area contributed by atoms with E-state index < -0.39 is 32.9 Å². The maximum Gasteiger partial charge on any atom is 0.472 e. The van der Waals surface area contributed by atoms with Gasteiger partial charge in [0, 0.05) is 18.0 Å².